The van der Waals surface area contributed by atoms with E-state index in [0.717, 1.165) is 38.5 Å². The van der Waals surface area contributed by atoms with Crippen LogP contribution in [0.25, 0.3) is 0 Å². The topological polar surface area (TPSA) is 63.6 Å². The summed E-state index contributed by atoms with van der Waals surface area (Å²) in [6.45, 7) is 4.35. The van der Waals surface area contributed by atoms with Gasteiger partial charge in [0.05, 0.1) is 11.1 Å². The number of esters is 1. The lowest BCUT2D eigenvalue weighted by Gasteiger charge is -2.18. The molecule has 0 saturated heterocycles. The second kappa shape index (κ2) is 12.5. The summed E-state index contributed by atoms with van der Waals surface area (Å²) in [6.07, 6.45) is 11.0. The molecule has 0 saturated carbocycles. The van der Waals surface area contributed by atoms with Crippen LogP contribution >= 0.6 is 0 Å². The smallest absolute Gasteiger partial charge is 0.338 e. The van der Waals surface area contributed by atoms with Gasteiger partial charge in [0.15, 0.2) is 0 Å². The van der Waals surface area contributed by atoms with Crippen molar-refractivity contribution in [3.63, 3.8) is 0 Å². The van der Waals surface area contributed by atoms with Gasteiger partial charge in [-0.25, -0.2) is 9.59 Å². The second-order valence-corrected chi connectivity index (χ2v) is 6.61. The average molecular weight is 348 g/mol. The van der Waals surface area contributed by atoms with E-state index in [0.29, 0.717) is 5.56 Å². The molecule has 0 aliphatic rings. The Morgan fingerprint density at radius 3 is 2.12 bits per heavy atom. The van der Waals surface area contributed by atoms with Crippen molar-refractivity contribution in [3.05, 3.63) is 35.4 Å². The van der Waals surface area contributed by atoms with Crippen LogP contribution in [0.2, 0.25) is 0 Å². The van der Waals surface area contributed by atoms with Gasteiger partial charge in [0.1, 0.15) is 6.10 Å². The van der Waals surface area contributed by atoms with E-state index >= 15 is 0 Å². The Kier molecular flexibility index (Phi) is 10.6. The molecule has 0 amide bonds. The highest BCUT2D eigenvalue weighted by molar-refractivity contribution is 5.94. The van der Waals surface area contributed by atoms with E-state index in [9.17, 15) is 9.59 Å². The predicted octanol–water partition coefficient (Wildman–Crippen LogP) is 5.85. The molecule has 1 N–H and O–H groups in total. The van der Waals surface area contributed by atoms with Crippen LogP contribution in [0.3, 0.4) is 0 Å². The number of benzene rings is 1. The summed E-state index contributed by atoms with van der Waals surface area (Å²) in [5, 5.41) is 9.05. The average Bonchev–Trinajstić information content (AvgIpc) is 2.61. The third-order valence-corrected chi connectivity index (χ3v) is 4.38. The minimum atomic E-state index is -1.04. The van der Waals surface area contributed by atoms with Crippen LogP contribution in [0, 0.1) is 0 Å². The molecule has 1 rings (SSSR count). The maximum Gasteiger partial charge on any atom is 0.338 e. The zero-order valence-electron chi connectivity index (χ0n) is 15.6. The van der Waals surface area contributed by atoms with Gasteiger partial charge in [0, 0.05) is 0 Å². The van der Waals surface area contributed by atoms with Crippen molar-refractivity contribution in [3.8, 4) is 0 Å². The summed E-state index contributed by atoms with van der Waals surface area (Å²) in [6, 6.07) is 6.05. The highest BCUT2D eigenvalue weighted by Gasteiger charge is 2.17. The number of hydrogen-bond acceptors (Lipinski definition) is 3. The van der Waals surface area contributed by atoms with E-state index in [1.54, 1.807) is 12.1 Å². The van der Waals surface area contributed by atoms with Crippen molar-refractivity contribution in [2.45, 2.75) is 84.2 Å². The number of hydrogen-bond donors (Lipinski definition) is 1. The second-order valence-electron chi connectivity index (χ2n) is 6.61. The Balaban J connectivity index is 2.59. The first-order valence-corrected chi connectivity index (χ1v) is 9.62. The van der Waals surface area contributed by atoms with Crippen molar-refractivity contribution in [2.75, 3.05) is 0 Å². The normalized spacial score (nSPS) is 11.9. The molecule has 0 spiro atoms. The molecular weight excluding hydrogens is 316 g/mol. The quantitative estimate of drug-likeness (QED) is 0.359. The lowest BCUT2D eigenvalue weighted by Crippen LogP contribution is -2.19. The molecular formula is C21H32O4. The molecule has 1 atom stereocenters. The predicted molar refractivity (Wildman–Crippen MR) is 100 cm³/mol. The lowest BCUT2D eigenvalue weighted by atomic mass is 10.0. The van der Waals surface area contributed by atoms with Gasteiger partial charge in [0.2, 0.25) is 0 Å². The van der Waals surface area contributed by atoms with E-state index in [2.05, 4.69) is 13.8 Å². The number of unbranched alkanes of at least 4 members (excludes halogenated alkanes) is 6. The maximum absolute atomic E-state index is 12.4. The van der Waals surface area contributed by atoms with Gasteiger partial charge in [-0.05, 0) is 43.9 Å². The van der Waals surface area contributed by atoms with Gasteiger partial charge in [-0.3, -0.25) is 0 Å². The van der Waals surface area contributed by atoms with Crippen LogP contribution in [-0.2, 0) is 4.74 Å². The first-order valence-electron chi connectivity index (χ1n) is 9.62. The molecule has 1 aromatic carbocycles. The standard InChI is InChI=1S/C21H32O4/c1-3-5-7-8-10-15-19(14-9-6-4-2)25-21(24)18-13-11-12-17(16-18)20(22)23/h11-13,16,19H,3-10,14-15H2,1-2H3,(H,22,23). The number of carboxylic acid groups (broad SMARTS) is 1. The molecule has 1 aromatic rings. The molecule has 4 nitrogen and oxygen atoms in total. The molecule has 0 aliphatic heterocycles. The third-order valence-electron chi connectivity index (χ3n) is 4.38. The van der Waals surface area contributed by atoms with Gasteiger partial charge >= 0.3 is 11.9 Å². The molecule has 0 heterocycles. The molecule has 1 unspecified atom stereocenters. The fraction of sp³-hybridized carbons (Fsp3) is 0.619. The Labute approximate surface area is 151 Å². The molecule has 0 radical (unpaired) electrons. The Morgan fingerprint density at radius 2 is 1.48 bits per heavy atom. The van der Waals surface area contributed by atoms with Crippen LogP contribution < -0.4 is 0 Å². The highest BCUT2D eigenvalue weighted by Crippen LogP contribution is 2.17. The zero-order valence-corrected chi connectivity index (χ0v) is 15.6. The number of aromatic carboxylic acids is 1. The summed E-state index contributed by atoms with van der Waals surface area (Å²) in [7, 11) is 0. The third kappa shape index (κ3) is 8.71. The number of carbonyl (C=O) groups excluding carboxylic acids is 1. The maximum atomic E-state index is 12.4. The SMILES string of the molecule is CCCCCCCC(CCCCC)OC(=O)c1cccc(C(=O)O)c1. The zero-order chi connectivity index (χ0) is 18.5. The number of carbonyl (C=O) groups is 2. The van der Waals surface area contributed by atoms with Crippen LogP contribution in [0.5, 0.6) is 0 Å². The summed E-state index contributed by atoms with van der Waals surface area (Å²) in [5.74, 6) is -1.46. The summed E-state index contributed by atoms with van der Waals surface area (Å²) in [4.78, 5) is 23.4. The van der Waals surface area contributed by atoms with E-state index < -0.39 is 11.9 Å². The molecule has 25 heavy (non-hydrogen) atoms. The van der Waals surface area contributed by atoms with Gasteiger partial charge in [0.25, 0.3) is 0 Å². The van der Waals surface area contributed by atoms with Gasteiger partial charge < -0.3 is 9.84 Å². The van der Waals surface area contributed by atoms with Crippen molar-refractivity contribution in [1.29, 1.82) is 0 Å². The summed E-state index contributed by atoms with van der Waals surface area (Å²) >= 11 is 0. The molecule has 0 aromatic heterocycles. The van der Waals surface area contributed by atoms with Crippen LogP contribution in [0.15, 0.2) is 24.3 Å². The first-order chi connectivity index (χ1) is 12.1. The van der Waals surface area contributed by atoms with Crippen molar-refractivity contribution in [2.24, 2.45) is 0 Å². The van der Waals surface area contributed by atoms with Crippen LogP contribution in [0.4, 0.5) is 0 Å². The van der Waals surface area contributed by atoms with Crippen LogP contribution in [0.1, 0.15) is 98.8 Å². The molecule has 4 heteroatoms. The fourth-order valence-electron chi connectivity index (χ4n) is 2.86. The van der Waals surface area contributed by atoms with E-state index in [1.807, 2.05) is 0 Å². The van der Waals surface area contributed by atoms with Crippen molar-refractivity contribution < 1.29 is 19.4 Å². The van der Waals surface area contributed by atoms with E-state index in [-0.39, 0.29) is 11.7 Å². The minimum Gasteiger partial charge on any atom is -0.478 e. The van der Waals surface area contributed by atoms with E-state index in [1.165, 1.54) is 37.8 Å². The molecule has 0 aliphatic carbocycles. The monoisotopic (exact) mass is 348 g/mol. The minimum absolute atomic E-state index is 0.0749. The van der Waals surface area contributed by atoms with Crippen molar-refractivity contribution >= 4 is 11.9 Å². The lowest BCUT2D eigenvalue weighted by molar-refractivity contribution is 0.0249. The van der Waals surface area contributed by atoms with Gasteiger partial charge in [-0.1, -0.05) is 58.4 Å². The number of rotatable bonds is 13. The largest absolute Gasteiger partial charge is 0.478 e. The van der Waals surface area contributed by atoms with E-state index in [4.69, 9.17) is 9.84 Å². The molecule has 0 fully saturated rings. The van der Waals surface area contributed by atoms with Gasteiger partial charge in [-0.15, -0.1) is 0 Å². The summed E-state index contributed by atoms with van der Waals surface area (Å²) < 4.78 is 5.69. The van der Waals surface area contributed by atoms with Crippen LogP contribution in [-0.4, -0.2) is 23.1 Å². The van der Waals surface area contributed by atoms with Crippen molar-refractivity contribution in [1.82, 2.24) is 0 Å². The number of ether oxygens (including phenoxy) is 1. The molecule has 0 bridgehead atoms. The fourth-order valence-corrected chi connectivity index (χ4v) is 2.86. The Hall–Kier alpha value is -1.84. The number of carboxylic acids is 1. The van der Waals surface area contributed by atoms with Gasteiger partial charge in [-0.2, -0.15) is 0 Å². The summed E-state index contributed by atoms with van der Waals surface area (Å²) in [5.41, 5.74) is 0.419. The first kappa shape index (κ1) is 21.2. The molecule has 140 valence electrons. The highest BCUT2D eigenvalue weighted by atomic mass is 16.5. The Bertz CT molecular complexity index is 524. The Morgan fingerprint density at radius 1 is 0.920 bits per heavy atom.